The Morgan fingerprint density at radius 1 is 1.54 bits per heavy atom. The van der Waals surface area contributed by atoms with Gasteiger partial charge in [-0.2, -0.15) is 0 Å². The van der Waals surface area contributed by atoms with E-state index < -0.39 is 0 Å². The second-order valence-electron chi connectivity index (χ2n) is 4.37. The van der Waals surface area contributed by atoms with Crippen molar-refractivity contribution in [2.45, 2.75) is 32.2 Å². The van der Waals surface area contributed by atoms with E-state index in [0.717, 1.165) is 13.0 Å². The van der Waals surface area contributed by atoms with Gasteiger partial charge in [-0.3, -0.25) is 4.79 Å². The van der Waals surface area contributed by atoms with Gasteiger partial charge in [-0.15, -0.1) is 0 Å². The molecule has 0 aromatic carbocycles. The fourth-order valence-corrected chi connectivity index (χ4v) is 1.88. The normalized spacial score (nSPS) is 31.5. The summed E-state index contributed by atoms with van der Waals surface area (Å²) in [6, 6.07) is 0.531. The van der Waals surface area contributed by atoms with Crippen molar-refractivity contribution in [2.24, 2.45) is 17.6 Å². The molecule has 2 rings (SSSR count). The fourth-order valence-electron chi connectivity index (χ4n) is 1.88. The molecule has 2 unspecified atom stereocenters. The van der Waals surface area contributed by atoms with Crippen molar-refractivity contribution < 1.29 is 4.79 Å². The Morgan fingerprint density at radius 3 is 2.54 bits per heavy atom. The molecule has 0 aliphatic heterocycles. The molecule has 3 nitrogen and oxygen atoms in total. The topological polar surface area (TPSA) is 46.3 Å². The highest BCUT2D eigenvalue weighted by atomic mass is 16.2. The molecule has 13 heavy (non-hydrogen) atoms. The van der Waals surface area contributed by atoms with Crippen LogP contribution < -0.4 is 5.73 Å². The largest absolute Gasteiger partial charge is 0.338 e. The zero-order valence-electron chi connectivity index (χ0n) is 8.20. The molecule has 3 heteroatoms. The van der Waals surface area contributed by atoms with Gasteiger partial charge in [-0.05, 0) is 25.2 Å². The lowest BCUT2D eigenvalue weighted by atomic mass is 10.3. The first-order valence-corrected chi connectivity index (χ1v) is 5.24. The fraction of sp³-hybridized carbons (Fsp3) is 0.900. The summed E-state index contributed by atoms with van der Waals surface area (Å²) in [7, 11) is 0. The van der Waals surface area contributed by atoms with Crippen molar-refractivity contribution >= 4 is 5.91 Å². The second kappa shape index (κ2) is 3.29. The smallest absolute Gasteiger partial charge is 0.226 e. The summed E-state index contributed by atoms with van der Waals surface area (Å²) < 4.78 is 0. The lowest BCUT2D eigenvalue weighted by molar-refractivity contribution is -0.133. The van der Waals surface area contributed by atoms with E-state index in [9.17, 15) is 4.79 Å². The first kappa shape index (κ1) is 9.00. The van der Waals surface area contributed by atoms with Crippen molar-refractivity contribution in [1.29, 1.82) is 0 Å². The minimum atomic E-state index is 0.326. The van der Waals surface area contributed by atoms with Crippen LogP contribution in [0.5, 0.6) is 0 Å². The molecule has 2 N–H and O–H groups in total. The highest BCUT2D eigenvalue weighted by Gasteiger charge is 2.44. The number of carbonyl (C=O) groups excluding carboxylic acids is 1. The van der Waals surface area contributed by atoms with Crippen molar-refractivity contribution in [3.63, 3.8) is 0 Å². The van der Waals surface area contributed by atoms with E-state index in [1.807, 2.05) is 4.90 Å². The molecule has 0 heterocycles. The third-order valence-electron chi connectivity index (χ3n) is 3.07. The number of hydrogen-bond acceptors (Lipinski definition) is 2. The molecule has 0 aromatic rings. The van der Waals surface area contributed by atoms with E-state index in [1.54, 1.807) is 0 Å². The van der Waals surface area contributed by atoms with Gasteiger partial charge in [0.2, 0.25) is 5.91 Å². The quantitative estimate of drug-likeness (QED) is 0.691. The third kappa shape index (κ3) is 1.85. The number of nitrogens with zero attached hydrogens (tertiary/aromatic N) is 1. The van der Waals surface area contributed by atoms with Crippen LogP contribution in [0.25, 0.3) is 0 Å². The molecule has 2 aliphatic carbocycles. The van der Waals surface area contributed by atoms with Gasteiger partial charge in [-0.1, -0.05) is 6.92 Å². The predicted molar refractivity (Wildman–Crippen MR) is 51.1 cm³/mol. The monoisotopic (exact) mass is 182 g/mol. The van der Waals surface area contributed by atoms with Gasteiger partial charge in [0.1, 0.15) is 0 Å². The maximum atomic E-state index is 11.9. The SMILES string of the molecule is CC1CC1C(=O)N(CCN)C1CC1. The van der Waals surface area contributed by atoms with Gasteiger partial charge < -0.3 is 10.6 Å². The molecular weight excluding hydrogens is 164 g/mol. The Kier molecular flexibility index (Phi) is 2.28. The number of nitrogens with two attached hydrogens (primary N) is 1. The number of carbonyl (C=O) groups is 1. The zero-order valence-corrected chi connectivity index (χ0v) is 8.20. The molecule has 2 fully saturated rings. The lowest BCUT2D eigenvalue weighted by Gasteiger charge is -2.21. The van der Waals surface area contributed by atoms with E-state index in [4.69, 9.17) is 5.73 Å². The highest BCUT2D eigenvalue weighted by molar-refractivity contribution is 5.82. The van der Waals surface area contributed by atoms with Gasteiger partial charge in [0.25, 0.3) is 0 Å². The van der Waals surface area contributed by atoms with Crippen molar-refractivity contribution in [3.05, 3.63) is 0 Å². The van der Waals surface area contributed by atoms with E-state index in [-0.39, 0.29) is 0 Å². The molecule has 0 aromatic heterocycles. The third-order valence-corrected chi connectivity index (χ3v) is 3.07. The lowest BCUT2D eigenvalue weighted by Crippen LogP contribution is -2.38. The standard InChI is InChI=1S/C10H18N2O/c1-7-6-9(7)10(13)12(5-4-11)8-2-3-8/h7-9H,2-6,11H2,1H3. The van der Waals surface area contributed by atoms with Gasteiger partial charge in [0, 0.05) is 25.0 Å². The van der Waals surface area contributed by atoms with E-state index in [0.29, 0.717) is 30.3 Å². The predicted octanol–water partition coefficient (Wildman–Crippen LogP) is 0.592. The van der Waals surface area contributed by atoms with Crippen LogP contribution in [0.4, 0.5) is 0 Å². The molecule has 0 bridgehead atoms. The van der Waals surface area contributed by atoms with E-state index in [2.05, 4.69) is 6.92 Å². The van der Waals surface area contributed by atoms with Gasteiger partial charge >= 0.3 is 0 Å². The van der Waals surface area contributed by atoms with Gasteiger partial charge in [0.15, 0.2) is 0 Å². The summed E-state index contributed by atoms with van der Waals surface area (Å²) in [5, 5.41) is 0. The van der Waals surface area contributed by atoms with E-state index in [1.165, 1.54) is 12.8 Å². The summed E-state index contributed by atoms with van der Waals surface area (Å²) >= 11 is 0. The minimum absolute atomic E-state index is 0.326. The Morgan fingerprint density at radius 2 is 2.15 bits per heavy atom. The molecule has 0 radical (unpaired) electrons. The number of rotatable bonds is 4. The average molecular weight is 182 g/mol. The maximum absolute atomic E-state index is 11.9. The summed E-state index contributed by atoms with van der Waals surface area (Å²) in [5.74, 6) is 1.30. The van der Waals surface area contributed by atoms with Crippen LogP contribution in [-0.2, 0) is 4.79 Å². The molecule has 2 atom stereocenters. The number of hydrogen-bond donors (Lipinski definition) is 1. The second-order valence-corrected chi connectivity index (χ2v) is 4.37. The molecule has 74 valence electrons. The van der Waals surface area contributed by atoms with Crippen LogP contribution in [0.15, 0.2) is 0 Å². The maximum Gasteiger partial charge on any atom is 0.226 e. The highest BCUT2D eigenvalue weighted by Crippen LogP contribution is 2.41. The molecule has 2 saturated carbocycles. The zero-order chi connectivity index (χ0) is 9.42. The summed E-state index contributed by atoms with van der Waals surface area (Å²) in [4.78, 5) is 13.9. The molecule has 2 aliphatic rings. The Bertz CT molecular complexity index is 213. The van der Waals surface area contributed by atoms with Gasteiger partial charge in [0.05, 0.1) is 0 Å². The molecule has 0 saturated heterocycles. The number of amides is 1. The van der Waals surface area contributed by atoms with Crippen molar-refractivity contribution in [1.82, 2.24) is 4.90 Å². The van der Waals surface area contributed by atoms with Crippen molar-refractivity contribution in [3.8, 4) is 0 Å². The van der Waals surface area contributed by atoms with Crippen LogP contribution in [0.3, 0.4) is 0 Å². The first-order chi connectivity index (χ1) is 6.24. The van der Waals surface area contributed by atoms with E-state index >= 15 is 0 Å². The van der Waals surface area contributed by atoms with Crippen LogP contribution in [0.2, 0.25) is 0 Å². The summed E-state index contributed by atoms with van der Waals surface area (Å²) in [5.41, 5.74) is 5.49. The molecule has 1 amide bonds. The van der Waals surface area contributed by atoms with Gasteiger partial charge in [-0.25, -0.2) is 0 Å². The van der Waals surface area contributed by atoms with Crippen LogP contribution in [-0.4, -0.2) is 29.9 Å². The first-order valence-electron chi connectivity index (χ1n) is 5.24. The summed E-state index contributed by atoms with van der Waals surface area (Å²) in [6.07, 6.45) is 3.46. The Balaban J connectivity index is 1.90. The minimum Gasteiger partial charge on any atom is -0.338 e. The molecular formula is C10H18N2O. The molecule has 0 spiro atoms. The Hall–Kier alpha value is -0.570. The Labute approximate surface area is 79.3 Å². The summed E-state index contributed by atoms with van der Waals surface area (Å²) in [6.45, 7) is 3.51. The van der Waals surface area contributed by atoms with Crippen LogP contribution in [0, 0.1) is 11.8 Å². The van der Waals surface area contributed by atoms with Crippen LogP contribution >= 0.6 is 0 Å². The van der Waals surface area contributed by atoms with Crippen LogP contribution in [0.1, 0.15) is 26.2 Å². The average Bonchev–Trinajstić information content (AvgIpc) is 2.93. The van der Waals surface area contributed by atoms with Crippen molar-refractivity contribution in [2.75, 3.05) is 13.1 Å².